The summed E-state index contributed by atoms with van der Waals surface area (Å²) in [6.07, 6.45) is -25.2. The molecule has 0 radical (unpaired) electrons. The molecule has 0 aromatic carbocycles. The summed E-state index contributed by atoms with van der Waals surface area (Å²) in [5.41, 5.74) is 0.0188. The van der Waals surface area contributed by atoms with Crippen LogP contribution in [0.25, 0.3) is 0 Å². The summed E-state index contributed by atoms with van der Waals surface area (Å²) in [6.45, 7) is -2.59. The van der Waals surface area contributed by atoms with Gasteiger partial charge in [-0.2, -0.15) is 0 Å². The second-order valence-corrected chi connectivity index (χ2v) is 11.9. The van der Waals surface area contributed by atoms with Crippen LogP contribution in [-0.4, -0.2) is 208 Å². The van der Waals surface area contributed by atoms with Gasteiger partial charge in [-0.15, -0.1) is 0 Å². The van der Waals surface area contributed by atoms with Crippen LogP contribution in [0.1, 0.15) is 6.42 Å². The number of aliphatic hydroxyl groups excluding tert-OH is 14. The summed E-state index contributed by atoms with van der Waals surface area (Å²) in [7, 11) is 0. The lowest BCUT2D eigenvalue weighted by Gasteiger charge is -2.47. The third-order valence-corrected chi connectivity index (χ3v) is 8.99. The molecule has 19 unspecified atom stereocenters. The Labute approximate surface area is 256 Å². The summed E-state index contributed by atoms with van der Waals surface area (Å²) in [5.74, 6) is -0.943. The standard InChI is InChI=1S/C26H45NO18/c28-3-7-1-9(14(32)18(36)13(7)31)27-10-2-8(4-29)24(21(39)15(10)33)45-26-23(41)20(38)17(35)12(44-26)6-42-25-22(40)19(37)16(34)11(5-30)43-25/h1,8-41H,2-6H2. The zero-order chi connectivity index (χ0) is 33.3. The molecule has 4 rings (SSSR count). The molecular weight excluding hydrogens is 614 g/mol. The van der Waals surface area contributed by atoms with Crippen LogP contribution in [0.4, 0.5) is 0 Å². The third-order valence-electron chi connectivity index (χ3n) is 8.99. The number of aliphatic hydroxyl groups is 14. The Hall–Kier alpha value is -1.02. The fraction of sp³-hybridized carbons (Fsp3) is 0.923. The maximum atomic E-state index is 11.0. The van der Waals surface area contributed by atoms with Gasteiger partial charge in [0, 0.05) is 18.6 Å². The molecule has 0 bridgehead atoms. The highest BCUT2D eigenvalue weighted by Crippen LogP contribution is 2.33. The van der Waals surface area contributed by atoms with Crippen LogP contribution < -0.4 is 5.32 Å². The first-order chi connectivity index (χ1) is 21.2. The van der Waals surface area contributed by atoms with Crippen molar-refractivity contribution in [3.8, 4) is 0 Å². The molecule has 4 aliphatic rings. The highest BCUT2D eigenvalue weighted by atomic mass is 16.7. The summed E-state index contributed by atoms with van der Waals surface area (Å²) in [6, 6.07) is -2.08. The summed E-state index contributed by atoms with van der Waals surface area (Å²) >= 11 is 0. The molecule has 0 amide bonds. The van der Waals surface area contributed by atoms with E-state index in [9.17, 15) is 71.5 Å². The van der Waals surface area contributed by atoms with Gasteiger partial charge in [0.25, 0.3) is 0 Å². The van der Waals surface area contributed by atoms with Crippen molar-refractivity contribution in [3.05, 3.63) is 11.6 Å². The number of rotatable bonds is 10. The maximum Gasteiger partial charge on any atom is 0.187 e. The largest absolute Gasteiger partial charge is 0.396 e. The third kappa shape index (κ3) is 7.52. The van der Waals surface area contributed by atoms with Crippen molar-refractivity contribution in [3.63, 3.8) is 0 Å². The minimum Gasteiger partial charge on any atom is -0.396 e. The van der Waals surface area contributed by atoms with Crippen LogP contribution in [0.15, 0.2) is 11.6 Å². The summed E-state index contributed by atoms with van der Waals surface area (Å²) in [4.78, 5) is 0. The van der Waals surface area contributed by atoms with Gasteiger partial charge in [0.15, 0.2) is 12.6 Å². The molecule has 262 valence electrons. The van der Waals surface area contributed by atoms with E-state index in [4.69, 9.17) is 18.9 Å². The van der Waals surface area contributed by atoms with E-state index in [1.54, 1.807) is 0 Å². The van der Waals surface area contributed by atoms with Crippen molar-refractivity contribution < 1.29 is 90.4 Å². The Bertz CT molecular complexity index is 974. The highest BCUT2D eigenvalue weighted by Gasteiger charge is 2.51. The van der Waals surface area contributed by atoms with Crippen LogP contribution in [0.2, 0.25) is 0 Å². The van der Waals surface area contributed by atoms with Gasteiger partial charge in [-0.1, -0.05) is 6.08 Å². The molecule has 15 N–H and O–H groups in total. The van der Waals surface area contributed by atoms with Crippen molar-refractivity contribution in [2.75, 3.05) is 26.4 Å². The van der Waals surface area contributed by atoms with Crippen molar-refractivity contribution >= 4 is 0 Å². The van der Waals surface area contributed by atoms with Crippen LogP contribution >= 0.6 is 0 Å². The normalized spacial score (nSPS) is 51.2. The first kappa shape index (κ1) is 36.8. The van der Waals surface area contributed by atoms with Crippen molar-refractivity contribution in [1.29, 1.82) is 0 Å². The predicted molar refractivity (Wildman–Crippen MR) is 142 cm³/mol. The molecule has 2 aliphatic heterocycles. The number of ether oxygens (including phenoxy) is 4. The van der Waals surface area contributed by atoms with Gasteiger partial charge in [-0.3, -0.25) is 0 Å². The lowest BCUT2D eigenvalue weighted by Crippen LogP contribution is -2.66. The van der Waals surface area contributed by atoms with Gasteiger partial charge in [-0.25, -0.2) is 0 Å². The van der Waals surface area contributed by atoms with E-state index >= 15 is 0 Å². The van der Waals surface area contributed by atoms with Gasteiger partial charge < -0.3 is 95.8 Å². The van der Waals surface area contributed by atoms with E-state index in [-0.39, 0.29) is 12.0 Å². The molecule has 2 aliphatic carbocycles. The molecule has 19 atom stereocenters. The van der Waals surface area contributed by atoms with E-state index in [1.165, 1.54) is 6.08 Å². The molecule has 0 aromatic rings. The average Bonchev–Trinajstić information content (AvgIpc) is 3.03. The van der Waals surface area contributed by atoms with Crippen LogP contribution in [0.5, 0.6) is 0 Å². The molecule has 19 nitrogen and oxygen atoms in total. The fourth-order valence-electron chi connectivity index (χ4n) is 6.15. The first-order valence-corrected chi connectivity index (χ1v) is 14.6. The molecular formula is C26H45NO18. The summed E-state index contributed by atoms with van der Waals surface area (Å²) < 4.78 is 21.9. The monoisotopic (exact) mass is 659 g/mol. The van der Waals surface area contributed by atoms with E-state index in [0.717, 1.165) is 0 Å². The highest BCUT2D eigenvalue weighted by molar-refractivity contribution is 5.22. The molecule has 19 heteroatoms. The SMILES string of the molecule is OCC1=CC(NC2CC(CO)C(OC3OC(COC4OC(CO)C(O)C(O)C4O)C(O)C(O)C3O)C(O)C2O)C(O)C(O)C1O. The minimum atomic E-state index is -1.89. The summed E-state index contributed by atoms with van der Waals surface area (Å²) in [5, 5.41) is 146. The second kappa shape index (κ2) is 15.5. The van der Waals surface area contributed by atoms with E-state index in [1.807, 2.05) is 0 Å². The first-order valence-electron chi connectivity index (χ1n) is 14.6. The van der Waals surface area contributed by atoms with Gasteiger partial charge in [0.1, 0.15) is 73.2 Å². The zero-order valence-electron chi connectivity index (χ0n) is 24.0. The second-order valence-electron chi connectivity index (χ2n) is 11.9. The van der Waals surface area contributed by atoms with Crippen LogP contribution in [0.3, 0.4) is 0 Å². The quantitative estimate of drug-likeness (QED) is 0.0968. The molecule has 1 saturated carbocycles. The Morgan fingerprint density at radius 3 is 1.84 bits per heavy atom. The van der Waals surface area contributed by atoms with Crippen molar-refractivity contribution in [2.45, 2.75) is 117 Å². The lowest BCUT2D eigenvalue weighted by molar-refractivity contribution is -0.344. The molecule has 3 fully saturated rings. The molecule has 0 aromatic heterocycles. The van der Waals surface area contributed by atoms with Crippen LogP contribution in [-0.2, 0) is 18.9 Å². The Morgan fingerprint density at radius 2 is 1.24 bits per heavy atom. The van der Waals surface area contributed by atoms with E-state index < -0.39 is 142 Å². The van der Waals surface area contributed by atoms with Crippen LogP contribution in [0, 0.1) is 5.92 Å². The van der Waals surface area contributed by atoms with E-state index in [2.05, 4.69) is 5.32 Å². The molecule has 2 saturated heterocycles. The molecule has 0 spiro atoms. The number of hydrogen-bond acceptors (Lipinski definition) is 19. The van der Waals surface area contributed by atoms with Gasteiger partial charge in [0.2, 0.25) is 0 Å². The molecule has 45 heavy (non-hydrogen) atoms. The molecule has 2 heterocycles. The Balaban J connectivity index is 1.42. The lowest BCUT2D eigenvalue weighted by atomic mass is 9.78. The predicted octanol–water partition coefficient (Wildman–Crippen LogP) is -8.93. The topological polar surface area (TPSA) is 332 Å². The Kier molecular flexibility index (Phi) is 12.7. The van der Waals surface area contributed by atoms with Crippen molar-refractivity contribution in [1.82, 2.24) is 5.32 Å². The maximum absolute atomic E-state index is 11.0. The average molecular weight is 660 g/mol. The number of hydrogen-bond donors (Lipinski definition) is 15. The minimum absolute atomic E-state index is 0.0188. The zero-order valence-corrected chi connectivity index (χ0v) is 24.0. The fourth-order valence-corrected chi connectivity index (χ4v) is 6.15. The smallest absolute Gasteiger partial charge is 0.187 e. The number of nitrogens with one attached hydrogen (secondary N) is 1. The van der Waals surface area contributed by atoms with Gasteiger partial charge in [0.05, 0.1) is 38.1 Å². The Morgan fingerprint density at radius 1 is 0.644 bits per heavy atom. The van der Waals surface area contributed by atoms with E-state index in [0.29, 0.717) is 0 Å². The van der Waals surface area contributed by atoms with Crippen molar-refractivity contribution in [2.24, 2.45) is 5.92 Å². The van der Waals surface area contributed by atoms with Gasteiger partial charge in [-0.05, 0) is 12.0 Å². The van der Waals surface area contributed by atoms with Gasteiger partial charge >= 0.3 is 0 Å².